The zero-order valence-corrected chi connectivity index (χ0v) is 10.7. The zero-order valence-electron chi connectivity index (χ0n) is 10.7. The van der Waals surface area contributed by atoms with Crippen molar-refractivity contribution in [3.8, 4) is 0 Å². The van der Waals surface area contributed by atoms with Gasteiger partial charge in [-0.1, -0.05) is 0 Å². The SMILES string of the molecule is CCNc1cnccc1C(=O)NCCOCC(F)F. The summed E-state index contributed by atoms with van der Waals surface area (Å²) < 4.78 is 28.3. The molecule has 0 bridgehead atoms. The van der Waals surface area contributed by atoms with Crippen LogP contribution >= 0.6 is 0 Å². The van der Waals surface area contributed by atoms with E-state index in [0.29, 0.717) is 17.8 Å². The predicted octanol–water partition coefficient (Wildman–Crippen LogP) is 1.52. The summed E-state index contributed by atoms with van der Waals surface area (Å²) in [5.74, 6) is -0.293. The number of aromatic nitrogens is 1. The van der Waals surface area contributed by atoms with Gasteiger partial charge in [-0.3, -0.25) is 9.78 Å². The molecular formula is C12H17F2N3O2. The van der Waals surface area contributed by atoms with Crippen LogP contribution in [0.1, 0.15) is 17.3 Å². The van der Waals surface area contributed by atoms with Crippen LogP contribution in [0.5, 0.6) is 0 Å². The van der Waals surface area contributed by atoms with E-state index in [1.54, 1.807) is 12.3 Å². The highest BCUT2D eigenvalue weighted by Gasteiger charge is 2.10. The van der Waals surface area contributed by atoms with Gasteiger partial charge in [0.1, 0.15) is 6.61 Å². The summed E-state index contributed by atoms with van der Waals surface area (Å²) in [6.07, 6.45) is 0.589. The second-order valence-electron chi connectivity index (χ2n) is 3.67. The quantitative estimate of drug-likeness (QED) is 0.705. The van der Waals surface area contributed by atoms with Crippen molar-refractivity contribution in [2.75, 3.05) is 31.6 Å². The second kappa shape index (κ2) is 8.36. The van der Waals surface area contributed by atoms with E-state index in [0.717, 1.165) is 0 Å². The first kappa shape index (κ1) is 15.3. The topological polar surface area (TPSA) is 63.2 Å². The van der Waals surface area contributed by atoms with Crippen LogP contribution in [0, 0.1) is 0 Å². The van der Waals surface area contributed by atoms with E-state index in [1.165, 1.54) is 6.20 Å². The van der Waals surface area contributed by atoms with Gasteiger partial charge in [-0.05, 0) is 13.0 Å². The lowest BCUT2D eigenvalue weighted by Crippen LogP contribution is -2.28. The smallest absolute Gasteiger partial charge is 0.261 e. The van der Waals surface area contributed by atoms with Crippen LogP contribution in [0.3, 0.4) is 0 Å². The lowest BCUT2D eigenvalue weighted by Gasteiger charge is -2.10. The van der Waals surface area contributed by atoms with E-state index in [1.807, 2.05) is 6.92 Å². The normalized spacial score (nSPS) is 10.5. The Morgan fingerprint density at radius 3 is 3.00 bits per heavy atom. The highest BCUT2D eigenvalue weighted by molar-refractivity contribution is 5.99. The van der Waals surface area contributed by atoms with Gasteiger partial charge in [-0.15, -0.1) is 0 Å². The van der Waals surface area contributed by atoms with Gasteiger partial charge >= 0.3 is 0 Å². The van der Waals surface area contributed by atoms with Gasteiger partial charge in [0.25, 0.3) is 12.3 Å². The van der Waals surface area contributed by atoms with Crippen LogP contribution < -0.4 is 10.6 Å². The molecule has 106 valence electrons. The van der Waals surface area contributed by atoms with E-state index >= 15 is 0 Å². The number of alkyl halides is 2. The standard InChI is InChI=1S/C12H17F2N3O2/c1-2-16-10-7-15-4-3-9(10)12(18)17-5-6-19-8-11(13)14/h3-4,7,11,16H,2,5-6,8H2,1H3,(H,17,18). The highest BCUT2D eigenvalue weighted by atomic mass is 19.3. The van der Waals surface area contributed by atoms with Crippen molar-refractivity contribution in [2.45, 2.75) is 13.3 Å². The molecule has 0 atom stereocenters. The number of rotatable bonds is 8. The van der Waals surface area contributed by atoms with Crippen molar-refractivity contribution in [1.29, 1.82) is 0 Å². The van der Waals surface area contributed by atoms with Crippen LogP contribution in [0.25, 0.3) is 0 Å². The summed E-state index contributed by atoms with van der Waals surface area (Å²) in [5.41, 5.74) is 1.10. The lowest BCUT2D eigenvalue weighted by atomic mass is 10.2. The minimum atomic E-state index is -2.49. The van der Waals surface area contributed by atoms with E-state index in [2.05, 4.69) is 20.4 Å². The van der Waals surface area contributed by atoms with Gasteiger partial charge < -0.3 is 15.4 Å². The molecule has 0 spiro atoms. The third-order valence-corrected chi connectivity index (χ3v) is 2.21. The lowest BCUT2D eigenvalue weighted by molar-refractivity contribution is 0.0188. The number of carbonyl (C=O) groups excluding carboxylic acids is 1. The molecule has 5 nitrogen and oxygen atoms in total. The fourth-order valence-electron chi connectivity index (χ4n) is 1.43. The minimum absolute atomic E-state index is 0.0533. The number of pyridine rings is 1. The second-order valence-corrected chi connectivity index (χ2v) is 3.67. The molecule has 0 radical (unpaired) electrons. The Morgan fingerprint density at radius 1 is 1.53 bits per heavy atom. The Bertz CT molecular complexity index is 402. The van der Waals surface area contributed by atoms with Crippen molar-refractivity contribution in [2.24, 2.45) is 0 Å². The number of hydrogen-bond donors (Lipinski definition) is 2. The molecule has 0 unspecified atom stereocenters. The highest BCUT2D eigenvalue weighted by Crippen LogP contribution is 2.12. The van der Waals surface area contributed by atoms with Gasteiger partial charge in [0.05, 0.1) is 24.1 Å². The molecular weight excluding hydrogens is 256 g/mol. The van der Waals surface area contributed by atoms with Gasteiger partial charge in [0.15, 0.2) is 0 Å². The van der Waals surface area contributed by atoms with Crippen LogP contribution in [0.15, 0.2) is 18.5 Å². The Kier molecular flexibility index (Phi) is 6.73. The average Bonchev–Trinajstić information content (AvgIpc) is 2.39. The summed E-state index contributed by atoms with van der Waals surface area (Å²) >= 11 is 0. The Morgan fingerprint density at radius 2 is 2.32 bits per heavy atom. The molecule has 0 aliphatic heterocycles. The Balaban J connectivity index is 2.41. The molecule has 0 saturated carbocycles. The van der Waals surface area contributed by atoms with Crippen molar-refractivity contribution >= 4 is 11.6 Å². The van der Waals surface area contributed by atoms with Gasteiger partial charge in [0, 0.05) is 19.3 Å². The van der Waals surface area contributed by atoms with Crippen LogP contribution in [0.2, 0.25) is 0 Å². The minimum Gasteiger partial charge on any atom is -0.383 e. The van der Waals surface area contributed by atoms with Gasteiger partial charge in [-0.25, -0.2) is 8.78 Å². The first-order chi connectivity index (χ1) is 9.15. The van der Waals surface area contributed by atoms with E-state index in [-0.39, 0.29) is 19.1 Å². The third-order valence-electron chi connectivity index (χ3n) is 2.21. The number of halogens is 2. The predicted molar refractivity (Wildman–Crippen MR) is 67.6 cm³/mol. The zero-order chi connectivity index (χ0) is 14.1. The number of amides is 1. The summed E-state index contributed by atoms with van der Waals surface area (Å²) in [6, 6.07) is 1.59. The molecule has 0 aliphatic rings. The number of nitrogens with zero attached hydrogens (tertiary/aromatic N) is 1. The van der Waals surface area contributed by atoms with E-state index in [9.17, 15) is 13.6 Å². The summed E-state index contributed by atoms with van der Waals surface area (Å²) in [6.45, 7) is 2.20. The molecule has 2 N–H and O–H groups in total. The molecule has 1 aromatic rings. The third kappa shape index (κ3) is 5.60. The first-order valence-corrected chi connectivity index (χ1v) is 5.97. The fraction of sp³-hybridized carbons (Fsp3) is 0.500. The van der Waals surface area contributed by atoms with Crippen molar-refractivity contribution < 1.29 is 18.3 Å². The monoisotopic (exact) mass is 273 g/mol. The summed E-state index contributed by atoms with van der Waals surface area (Å²) in [5, 5.41) is 5.61. The average molecular weight is 273 g/mol. The maximum Gasteiger partial charge on any atom is 0.261 e. The van der Waals surface area contributed by atoms with Crippen LogP contribution in [-0.2, 0) is 4.74 Å². The van der Waals surface area contributed by atoms with Gasteiger partial charge in [0.2, 0.25) is 0 Å². The Labute approximate surface area is 110 Å². The number of nitrogens with one attached hydrogen (secondary N) is 2. The van der Waals surface area contributed by atoms with Gasteiger partial charge in [-0.2, -0.15) is 0 Å². The maximum absolute atomic E-state index is 11.9. The maximum atomic E-state index is 11.9. The molecule has 1 amide bonds. The largest absolute Gasteiger partial charge is 0.383 e. The molecule has 0 saturated heterocycles. The molecule has 19 heavy (non-hydrogen) atoms. The van der Waals surface area contributed by atoms with Crippen LogP contribution in [-0.4, -0.2) is 43.6 Å². The molecule has 1 aromatic heterocycles. The molecule has 7 heteroatoms. The molecule has 1 heterocycles. The molecule has 0 aromatic carbocycles. The first-order valence-electron chi connectivity index (χ1n) is 5.97. The van der Waals surface area contributed by atoms with E-state index in [4.69, 9.17) is 0 Å². The van der Waals surface area contributed by atoms with Crippen LogP contribution in [0.4, 0.5) is 14.5 Å². The molecule has 0 aliphatic carbocycles. The number of carbonyl (C=O) groups is 1. The molecule has 0 fully saturated rings. The molecule has 1 rings (SSSR count). The summed E-state index contributed by atoms with van der Waals surface area (Å²) in [4.78, 5) is 15.8. The number of anilines is 1. The van der Waals surface area contributed by atoms with Crippen molar-refractivity contribution in [3.63, 3.8) is 0 Å². The Hall–Kier alpha value is -1.76. The fourth-order valence-corrected chi connectivity index (χ4v) is 1.43. The number of ether oxygens (including phenoxy) is 1. The number of hydrogen-bond acceptors (Lipinski definition) is 4. The van der Waals surface area contributed by atoms with Crippen molar-refractivity contribution in [1.82, 2.24) is 10.3 Å². The van der Waals surface area contributed by atoms with Crippen molar-refractivity contribution in [3.05, 3.63) is 24.0 Å². The van der Waals surface area contributed by atoms with E-state index < -0.39 is 13.0 Å². The summed E-state index contributed by atoms with van der Waals surface area (Å²) in [7, 11) is 0.